The number of phenols is 1. The molecule has 3 aliphatic rings. The van der Waals surface area contributed by atoms with Crippen molar-refractivity contribution in [1.82, 2.24) is 19.9 Å². The molecule has 2 amide bonds. The van der Waals surface area contributed by atoms with Crippen molar-refractivity contribution in [3.8, 4) is 5.75 Å². The zero-order chi connectivity index (χ0) is 26.6. The zero-order valence-corrected chi connectivity index (χ0v) is 22.4. The molecule has 3 aromatic rings. The number of phenolic OH excluding ortho intramolecular Hbond substituents is 1. The quantitative estimate of drug-likeness (QED) is 0.430. The summed E-state index contributed by atoms with van der Waals surface area (Å²) in [5, 5.41) is 21.5. The minimum atomic E-state index is -0.189. The third-order valence-corrected chi connectivity index (χ3v) is 9.11. The first-order valence-electron chi connectivity index (χ1n) is 14.1. The molecule has 4 unspecified atom stereocenters. The molecule has 1 fully saturated rings. The molecule has 7 heteroatoms. The van der Waals surface area contributed by atoms with Crippen LogP contribution in [0.3, 0.4) is 0 Å². The SMILES string of the molecule is CC(C)C1CCC(C)C(n2nc3ccccc3n2)C1c1cccc(CN2C(=O)C3=C(CCCC3)C2=O)c1O. The van der Waals surface area contributed by atoms with E-state index in [1.807, 2.05) is 47.3 Å². The number of hydrogen-bond acceptors (Lipinski definition) is 5. The van der Waals surface area contributed by atoms with Gasteiger partial charge in [0.2, 0.25) is 0 Å². The third kappa shape index (κ3) is 4.03. The van der Waals surface area contributed by atoms with E-state index >= 15 is 0 Å². The Balaban J connectivity index is 1.39. The molecular weight excluding hydrogens is 476 g/mol. The first-order valence-corrected chi connectivity index (χ1v) is 14.1. The molecule has 0 spiro atoms. The molecule has 2 heterocycles. The molecule has 1 N–H and O–H groups in total. The van der Waals surface area contributed by atoms with Crippen molar-refractivity contribution in [1.29, 1.82) is 0 Å². The van der Waals surface area contributed by atoms with Crippen LogP contribution in [0.25, 0.3) is 11.0 Å². The topological polar surface area (TPSA) is 88.3 Å². The molecule has 1 saturated carbocycles. The number of carbonyl (C=O) groups is 2. The summed E-state index contributed by atoms with van der Waals surface area (Å²) in [5.41, 5.74) is 4.55. The lowest BCUT2D eigenvalue weighted by Crippen LogP contribution is -2.37. The predicted molar refractivity (Wildman–Crippen MR) is 145 cm³/mol. The van der Waals surface area contributed by atoms with Gasteiger partial charge in [0.05, 0.1) is 12.6 Å². The molecule has 1 aliphatic heterocycles. The van der Waals surface area contributed by atoms with Crippen molar-refractivity contribution in [3.63, 3.8) is 0 Å². The van der Waals surface area contributed by atoms with Gasteiger partial charge in [-0.2, -0.15) is 15.0 Å². The highest BCUT2D eigenvalue weighted by atomic mass is 16.3. The average molecular weight is 513 g/mol. The van der Waals surface area contributed by atoms with E-state index in [-0.39, 0.29) is 36.1 Å². The number of fused-ring (bicyclic) bond motifs is 1. The minimum absolute atomic E-state index is 0.00294. The Kier molecular flexibility index (Phi) is 6.33. The fourth-order valence-electron chi connectivity index (χ4n) is 7.07. The first kappa shape index (κ1) is 24.8. The summed E-state index contributed by atoms with van der Waals surface area (Å²) < 4.78 is 0. The van der Waals surface area contributed by atoms with Gasteiger partial charge in [-0.3, -0.25) is 14.5 Å². The Morgan fingerprint density at radius 3 is 2.16 bits per heavy atom. The van der Waals surface area contributed by atoms with Gasteiger partial charge in [0, 0.05) is 22.6 Å². The molecule has 0 radical (unpaired) electrons. The number of benzene rings is 2. The van der Waals surface area contributed by atoms with Crippen LogP contribution in [0.4, 0.5) is 0 Å². The number of nitrogens with zero attached hydrogens (tertiary/aromatic N) is 4. The van der Waals surface area contributed by atoms with Crippen LogP contribution < -0.4 is 0 Å². The summed E-state index contributed by atoms with van der Waals surface area (Å²) in [6.45, 7) is 6.83. The molecule has 7 nitrogen and oxygen atoms in total. The van der Waals surface area contributed by atoms with Crippen LogP contribution in [0, 0.1) is 17.8 Å². The van der Waals surface area contributed by atoms with Crippen molar-refractivity contribution in [2.24, 2.45) is 17.8 Å². The summed E-state index contributed by atoms with van der Waals surface area (Å²) in [4.78, 5) is 29.4. The van der Waals surface area contributed by atoms with Gasteiger partial charge in [0.1, 0.15) is 16.8 Å². The van der Waals surface area contributed by atoms with Crippen LogP contribution in [0.15, 0.2) is 53.6 Å². The Labute approximate surface area is 223 Å². The first-order chi connectivity index (χ1) is 18.3. The lowest BCUT2D eigenvalue weighted by Gasteiger charge is -2.43. The number of para-hydroxylation sites is 1. The molecule has 2 aromatic carbocycles. The van der Waals surface area contributed by atoms with E-state index in [1.165, 1.54) is 4.90 Å². The number of amides is 2. The maximum atomic E-state index is 13.1. The van der Waals surface area contributed by atoms with Crippen molar-refractivity contribution >= 4 is 22.8 Å². The van der Waals surface area contributed by atoms with E-state index in [4.69, 9.17) is 10.2 Å². The minimum Gasteiger partial charge on any atom is -0.507 e. The van der Waals surface area contributed by atoms with Crippen LogP contribution in [0.2, 0.25) is 0 Å². The zero-order valence-electron chi connectivity index (χ0n) is 22.4. The van der Waals surface area contributed by atoms with Gasteiger partial charge in [-0.15, -0.1) is 0 Å². The summed E-state index contributed by atoms with van der Waals surface area (Å²) >= 11 is 0. The predicted octanol–water partition coefficient (Wildman–Crippen LogP) is 5.90. The van der Waals surface area contributed by atoms with Crippen LogP contribution in [0.1, 0.15) is 82.4 Å². The Morgan fingerprint density at radius 2 is 1.55 bits per heavy atom. The Hall–Kier alpha value is -3.48. The van der Waals surface area contributed by atoms with Gasteiger partial charge >= 0.3 is 0 Å². The van der Waals surface area contributed by atoms with E-state index in [1.54, 1.807) is 0 Å². The van der Waals surface area contributed by atoms with Crippen LogP contribution >= 0.6 is 0 Å². The largest absolute Gasteiger partial charge is 0.507 e. The fraction of sp³-hybridized carbons (Fsp3) is 0.484. The van der Waals surface area contributed by atoms with Gasteiger partial charge in [0.15, 0.2) is 0 Å². The van der Waals surface area contributed by atoms with Crippen molar-refractivity contribution in [2.75, 3.05) is 0 Å². The third-order valence-electron chi connectivity index (χ3n) is 9.11. The Morgan fingerprint density at radius 1 is 0.921 bits per heavy atom. The van der Waals surface area contributed by atoms with Gasteiger partial charge in [-0.25, -0.2) is 0 Å². The van der Waals surface area contributed by atoms with Gasteiger partial charge in [-0.05, 0) is 74.0 Å². The Bertz CT molecular complexity index is 1380. The van der Waals surface area contributed by atoms with Crippen LogP contribution in [-0.4, -0.2) is 36.8 Å². The van der Waals surface area contributed by atoms with Gasteiger partial charge in [0.25, 0.3) is 11.8 Å². The second-order valence-corrected chi connectivity index (χ2v) is 11.7. The van der Waals surface area contributed by atoms with Gasteiger partial charge < -0.3 is 5.11 Å². The molecule has 0 bridgehead atoms. The number of imide groups is 1. The molecule has 6 rings (SSSR count). The molecule has 0 saturated heterocycles. The summed E-state index contributed by atoms with van der Waals surface area (Å²) in [6.07, 6.45) is 5.36. The smallest absolute Gasteiger partial charge is 0.257 e. The van der Waals surface area contributed by atoms with E-state index < -0.39 is 0 Å². The highest BCUT2D eigenvalue weighted by molar-refractivity contribution is 6.19. The molecule has 2 aliphatic carbocycles. The molecule has 1 aromatic heterocycles. The molecule has 198 valence electrons. The second-order valence-electron chi connectivity index (χ2n) is 11.7. The molecular formula is C31H36N4O3. The second kappa shape index (κ2) is 9.68. The summed E-state index contributed by atoms with van der Waals surface area (Å²) in [6, 6.07) is 13.7. The number of hydrogen-bond donors (Lipinski definition) is 1. The number of rotatable bonds is 5. The number of carbonyl (C=O) groups excluding carboxylic acids is 2. The average Bonchev–Trinajstić information content (AvgIpc) is 3.44. The van der Waals surface area contributed by atoms with E-state index in [2.05, 4.69) is 20.8 Å². The number of aromatic nitrogens is 3. The summed E-state index contributed by atoms with van der Waals surface area (Å²) in [7, 11) is 0. The standard InChI is InChI=1S/C31H36N4O3/c1-18(2)21-16-15-19(3)28(35-32-25-13-6-7-14-26(25)33-35)27(21)24-12-8-9-20(29(24)36)17-34-30(37)22-10-4-5-11-23(22)31(34)38/h6-9,12-14,18-19,21,27-28,36H,4-5,10-11,15-17H2,1-3H3. The van der Waals surface area contributed by atoms with Crippen molar-refractivity contribution in [2.45, 2.75) is 77.8 Å². The highest BCUT2D eigenvalue weighted by Gasteiger charge is 2.44. The molecule has 38 heavy (non-hydrogen) atoms. The van der Waals surface area contributed by atoms with E-state index in [0.717, 1.165) is 42.3 Å². The molecule has 4 atom stereocenters. The van der Waals surface area contributed by atoms with Crippen LogP contribution in [-0.2, 0) is 16.1 Å². The van der Waals surface area contributed by atoms with E-state index in [0.29, 0.717) is 47.3 Å². The monoisotopic (exact) mass is 512 g/mol. The fourth-order valence-corrected chi connectivity index (χ4v) is 7.07. The van der Waals surface area contributed by atoms with Crippen molar-refractivity contribution in [3.05, 3.63) is 64.7 Å². The highest BCUT2D eigenvalue weighted by Crippen LogP contribution is 2.52. The summed E-state index contributed by atoms with van der Waals surface area (Å²) in [5.74, 6) is 0.854. The number of aromatic hydroxyl groups is 1. The normalized spacial score (nSPS) is 26.1. The van der Waals surface area contributed by atoms with Crippen molar-refractivity contribution < 1.29 is 14.7 Å². The lowest BCUT2D eigenvalue weighted by molar-refractivity contribution is -0.138. The maximum absolute atomic E-state index is 13.1. The van der Waals surface area contributed by atoms with Crippen LogP contribution in [0.5, 0.6) is 5.75 Å². The maximum Gasteiger partial charge on any atom is 0.257 e. The van der Waals surface area contributed by atoms with Gasteiger partial charge in [-0.1, -0.05) is 51.1 Å². The lowest BCUT2D eigenvalue weighted by atomic mass is 9.64. The van der Waals surface area contributed by atoms with E-state index in [9.17, 15) is 14.7 Å².